The van der Waals surface area contributed by atoms with Crippen molar-refractivity contribution in [3.63, 3.8) is 0 Å². The Morgan fingerprint density at radius 3 is 2.36 bits per heavy atom. The molecule has 12 nitrogen and oxygen atoms in total. The maximum absolute atomic E-state index is 14.2. The van der Waals surface area contributed by atoms with E-state index in [1.165, 1.54) is 7.11 Å². The zero-order valence-electron chi connectivity index (χ0n) is 28.0. The third-order valence-corrected chi connectivity index (χ3v) is 7.65. The van der Waals surface area contributed by atoms with E-state index >= 15 is 0 Å². The number of amides is 3. The molecule has 0 aromatic heterocycles. The highest BCUT2D eigenvalue weighted by atomic mass is 16.5. The van der Waals surface area contributed by atoms with Crippen molar-refractivity contribution in [3.8, 4) is 11.5 Å². The van der Waals surface area contributed by atoms with Gasteiger partial charge in [-0.2, -0.15) is 5.10 Å². The normalized spacial score (nSPS) is 14.0. The van der Waals surface area contributed by atoms with Crippen molar-refractivity contribution in [2.24, 2.45) is 5.10 Å². The molecule has 252 valence electrons. The molecule has 0 atom stereocenters. The van der Waals surface area contributed by atoms with Crippen molar-refractivity contribution < 1.29 is 33.3 Å². The summed E-state index contributed by atoms with van der Waals surface area (Å²) in [6.45, 7) is 14.4. The summed E-state index contributed by atoms with van der Waals surface area (Å²) in [5.74, 6) is -0.121. The lowest BCUT2D eigenvalue weighted by Crippen LogP contribution is -2.38. The summed E-state index contributed by atoms with van der Waals surface area (Å²) in [4.78, 5) is 41.8. The van der Waals surface area contributed by atoms with Gasteiger partial charge in [0, 0.05) is 37.1 Å². The fraction of sp³-hybridized carbons (Fsp3) is 0.429. The number of ether oxygens (including phenoxy) is 4. The van der Waals surface area contributed by atoms with E-state index in [2.05, 4.69) is 26.1 Å². The third kappa shape index (κ3) is 8.99. The maximum atomic E-state index is 14.2. The first-order valence-electron chi connectivity index (χ1n) is 15.8. The predicted octanol–water partition coefficient (Wildman–Crippen LogP) is 4.70. The number of carbonyl (C=O) groups is 3. The highest BCUT2D eigenvalue weighted by Crippen LogP contribution is 2.36. The second-order valence-corrected chi connectivity index (χ2v) is 11.9. The number of morpholine rings is 1. The van der Waals surface area contributed by atoms with Gasteiger partial charge in [-0.15, -0.1) is 0 Å². The average molecular weight is 648 g/mol. The Hall–Kier alpha value is -4.68. The Morgan fingerprint density at radius 2 is 1.70 bits per heavy atom. The number of fused-ring (bicyclic) bond motifs is 1. The van der Waals surface area contributed by atoms with Gasteiger partial charge in [-0.05, 0) is 54.5 Å². The van der Waals surface area contributed by atoms with Crippen LogP contribution in [-0.4, -0.2) is 88.2 Å². The van der Waals surface area contributed by atoms with Crippen molar-refractivity contribution in [2.75, 3.05) is 65.0 Å². The molecule has 0 radical (unpaired) electrons. The van der Waals surface area contributed by atoms with Crippen molar-refractivity contribution >= 4 is 40.1 Å². The van der Waals surface area contributed by atoms with Crippen LogP contribution in [-0.2, 0) is 19.7 Å². The lowest BCUT2D eigenvalue weighted by molar-refractivity contribution is -0.110. The van der Waals surface area contributed by atoms with Gasteiger partial charge in [0.2, 0.25) is 0 Å². The molecule has 3 N–H and O–H groups in total. The quantitative estimate of drug-likeness (QED) is 0.190. The molecule has 1 saturated heterocycles. The van der Waals surface area contributed by atoms with Gasteiger partial charge < -0.3 is 29.6 Å². The fourth-order valence-electron chi connectivity index (χ4n) is 5.19. The highest BCUT2D eigenvalue weighted by molar-refractivity contribution is 6.50. The Kier molecular flexibility index (Phi) is 12.2. The summed E-state index contributed by atoms with van der Waals surface area (Å²) in [5.41, 5.74) is 3.71. The SMILES string of the molecule is CCNC(=O)c1cc(C(C)(C)C)cc(NC(=O)/C(=N/NC(=O)OCC)c2ccc(OCCN3CCOCC3)c3ccccc23)c1OC. The van der Waals surface area contributed by atoms with Crippen molar-refractivity contribution in [2.45, 2.75) is 40.0 Å². The Balaban J connectivity index is 1.74. The van der Waals surface area contributed by atoms with E-state index in [4.69, 9.17) is 18.9 Å². The molecule has 1 aliphatic heterocycles. The molecule has 0 bridgehead atoms. The molecule has 3 aromatic carbocycles. The number of hydrogen-bond donors (Lipinski definition) is 3. The van der Waals surface area contributed by atoms with E-state index in [1.54, 1.807) is 31.2 Å². The van der Waals surface area contributed by atoms with E-state index in [0.29, 0.717) is 43.1 Å². The van der Waals surface area contributed by atoms with Gasteiger partial charge in [0.1, 0.15) is 12.4 Å². The van der Waals surface area contributed by atoms with E-state index < -0.39 is 12.0 Å². The monoisotopic (exact) mass is 647 g/mol. The number of nitrogens with zero attached hydrogens (tertiary/aromatic N) is 2. The summed E-state index contributed by atoms with van der Waals surface area (Å²) < 4.78 is 22.3. The number of nitrogens with one attached hydrogen (secondary N) is 3. The molecule has 0 unspecified atom stereocenters. The zero-order valence-corrected chi connectivity index (χ0v) is 28.0. The highest BCUT2D eigenvalue weighted by Gasteiger charge is 2.26. The van der Waals surface area contributed by atoms with Crippen molar-refractivity contribution in [1.82, 2.24) is 15.6 Å². The molecular weight excluding hydrogens is 602 g/mol. The molecule has 0 spiro atoms. The van der Waals surface area contributed by atoms with Gasteiger partial charge in [0.15, 0.2) is 11.5 Å². The van der Waals surface area contributed by atoms with Crippen LogP contribution in [0.1, 0.15) is 56.1 Å². The van der Waals surface area contributed by atoms with Crippen LogP contribution in [0.3, 0.4) is 0 Å². The number of hydrazone groups is 1. The van der Waals surface area contributed by atoms with Crippen LogP contribution in [0.2, 0.25) is 0 Å². The predicted molar refractivity (Wildman–Crippen MR) is 182 cm³/mol. The summed E-state index contributed by atoms with van der Waals surface area (Å²) in [7, 11) is 1.44. The van der Waals surface area contributed by atoms with E-state index in [9.17, 15) is 14.4 Å². The molecule has 1 heterocycles. The number of rotatable bonds is 12. The second kappa shape index (κ2) is 16.2. The van der Waals surface area contributed by atoms with Crippen LogP contribution in [0.15, 0.2) is 53.6 Å². The lowest BCUT2D eigenvalue weighted by atomic mass is 9.85. The van der Waals surface area contributed by atoms with Crippen LogP contribution >= 0.6 is 0 Å². The summed E-state index contributed by atoms with van der Waals surface area (Å²) in [6, 6.07) is 14.6. The molecular formula is C35H45N5O7. The smallest absolute Gasteiger partial charge is 0.427 e. The Morgan fingerprint density at radius 1 is 0.979 bits per heavy atom. The van der Waals surface area contributed by atoms with Gasteiger partial charge >= 0.3 is 6.09 Å². The first-order valence-corrected chi connectivity index (χ1v) is 15.8. The van der Waals surface area contributed by atoms with Crippen molar-refractivity contribution in [1.29, 1.82) is 0 Å². The summed E-state index contributed by atoms with van der Waals surface area (Å²) in [6.07, 6.45) is -0.809. The fourth-order valence-corrected chi connectivity index (χ4v) is 5.19. The minimum absolute atomic E-state index is 0.0862. The average Bonchev–Trinajstić information content (AvgIpc) is 3.05. The minimum Gasteiger partial charge on any atom is -0.494 e. The van der Waals surface area contributed by atoms with E-state index in [0.717, 1.165) is 30.6 Å². The molecule has 1 fully saturated rings. The first kappa shape index (κ1) is 35.2. The van der Waals surface area contributed by atoms with Gasteiger partial charge in [-0.1, -0.05) is 45.0 Å². The number of carbonyl (C=O) groups excluding carboxylic acids is 3. The number of hydrogen-bond acceptors (Lipinski definition) is 9. The third-order valence-electron chi connectivity index (χ3n) is 7.65. The number of anilines is 1. The molecule has 12 heteroatoms. The van der Waals surface area contributed by atoms with Gasteiger partial charge in [0.25, 0.3) is 11.8 Å². The zero-order chi connectivity index (χ0) is 34.0. The first-order chi connectivity index (χ1) is 22.6. The standard InChI is InChI=1S/C35H45N5O7/c1-7-36-32(41)27-21-23(35(3,4)5)22-28(31(27)44-6)37-33(42)30(38-39-34(43)46-8-2)26-13-14-29(25-12-10-9-11-24(25)26)47-20-17-40-15-18-45-19-16-40/h9-14,21-22H,7-8,15-20H2,1-6H3,(H,36,41)(H,37,42)(H,39,43)/b38-30+. The Labute approximate surface area is 275 Å². The van der Waals surface area contributed by atoms with Crippen LogP contribution in [0.5, 0.6) is 11.5 Å². The molecule has 47 heavy (non-hydrogen) atoms. The topological polar surface area (TPSA) is 140 Å². The summed E-state index contributed by atoms with van der Waals surface area (Å²) >= 11 is 0. The maximum Gasteiger partial charge on any atom is 0.427 e. The van der Waals surface area contributed by atoms with Gasteiger partial charge in [0.05, 0.1) is 38.2 Å². The van der Waals surface area contributed by atoms with Crippen LogP contribution < -0.4 is 25.5 Å². The molecule has 1 aliphatic rings. The molecule has 4 rings (SSSR count). The molecule has 3 amide bonds. The number of methoxy groups -OCH3 is 1. The van der Waals surface area contributed by atoms with E-state index in [1.807, 2.05) is 52.0 Å². The van der Waals surface area contributed by atoms with E-state index in [-0.39, 0.29) is 40.6 Å². The second-order valence-electron chi connectivity index (χ2n) is 11.9. The van der Waals surface area contributed by atoms with Crippen molar-refractivity contribution in [3.05, 3.63) is 65.2 Å². The van der Waals surface area contributed by atoms with Crippen LogP contribution in [0, 0.1) is 0 Å². The molecule has 0 aliphatic carbocycles. The van der Waals surface area contributed by atoms with Gasteiger partial charge in [-0.25, -0.2) is 10.2 Å². The molecule has 0 saturated carbocycles. The number of benzene rings is 3. The van der Waals surface area contributed by atoms with Crippen LogP contribution in [0.25, 0.3) is 10.8 Å². The molecule has 3 aromatic rings. The Bertz CT molecular complexity index is 1610. The minimum atomic E-state index is -0.809. The summed E-state index contributed by atoms with van der Waals surface area (Å²) in [5, 5.41) is 11.4. The van der Waals surface area contributed by atoms with Crippen LogP contribution in [0.4, 0.5) is 10.5 Å². The van der Waals surface area contributed by atoms with Gasteiger partial charge in [-0.3, -0.25) is 14.5 Å². The largest absolute Gasteiger partial charge is 0.494 e. The lowest BCUT2D eigenvalue weighted by Gasteiger charge is -2.26.